The maximum Gasteiger partial charge on any atom is 0.296 e. The number of imidazole rings is 1. The van der Waals surface area contributed by atoms with Crippen molar-refractivity contribution in [1.29, 1.82) is 0 Å². The highest BCUT2D eigenvalue weighted by atomic mass is 19.3. The van der Waals surface area contributed by atoms with E-state index in [2.05, 4.69) is 19.9 Å². The van der Waals surface area contributed by atoms with Crippen LogP contribution >= 0.6 is 0 Å². The summed E-state index contributed by atoms with van der Waals surface area (Å²) in [6.45, 7) is 3.61. The van der Waals surface area contributed by atoms with Crippen molar-refractivity contribution in [2.75, 3.05) is 56.3 Å². The number of hydrogen-bond donors (Lipinski definition) is 1. The molecule has 0 bridgehead atoms. The summed E-state index contributed by atoms with van der Waals surface area (Å²) in [7, 11) is 1.48. The van der Waals surface area contributed by atoms with Gasteiger partial charge in [0.2, 0.25) is 17.8 Å². The van der Waals surface area contributed by atoms with Crippen molar-refractivity contribution >= 4 is 22.9 Å². The topological polar surface area (TPSA) is 107 Å². The van der Waals surface area contributed by atoms with Crippen LogP contribution in [0.25, 0.3) is 17.0 Å². The van der Waals surface area contributed by atoms with Gasteiger partial charge in [-0.05, 0) is 25.0 Å². The van der Waals surface area contributed by atoms with Crippen LogP contribution in [-0.2, 0) is 4.74 Å². The van der Waals surface area contributed by atoms with Crippen LogP contribution in [0, 0.1) is 0 Å². The molecular weight excluding hydrogens is 434 g/mol. The minimum absolute atomic E-state index is 0.000707. The molecule has 0 spiro atoms. The number of morpholine rings is 1. The van der Waals surface area contributed by atoms with Crippen LogP contribution in [0.3, 0.4) is 0 Å². The Hall–Kier alpha value is -3.12. The second-order valence-electron chi connectivity index (χ2n) is 8.12. The van der Waals surface area contributed by atoms with Gasteiger partial charge >= 0.3 is 0 Å². The van der Waals surface area contributed by atoms with Crippen molar-refractivity contribution in [3.05, 3.63) is 24.0 Å². The molecule has 12 heteroatoms. The Bertz CT molecular complexity index is 1130. The fraction of sp³-hybridized carbons (Fsp3) is 0.524. The largest absolute Gasteiger partial charge is 0.494 e. The number of nitrogens with two attached hydrogens (primary N) is 1. The molecule has 2 saturated heterocycles. The molecule has 0 saturated carbocycles. The summed E-state index contributed by atoms with van der Waals surface area (Å²) in [4.78, 5) is 22.0. The highest BCUT2D eigenvalue weighted by Gasteiger charge is 2.27. The van der Waals surface area contributed by atoms with E-state index in [-0.39, 0.29) is 12.0 Å². The zero-order valence-electron chi connectivity index (χ0n) is 18.3. The Kier molecular flexibility index (Phi) is 5.94. The van der Waals surface area contributed by atoms with Crippen LogP contribution in [0.1, 0.15) is 25.1 Å². The number of aromatic nitrogens is 5. The second-order valence-corrected chi connectivity index (χ2v) is 8.12. The zero-order chi connectivity index (χ0) is 22.9. The number of hydrogen-bond acceptors (Lipinski definition) is 9. The minimum atomic E-state index is -2.84. The van der Waals surface area contributed by atoms with Crippen molar-refractivity contribution < 1.29 is 18.3 Å². The summed E-state index contributed by atoms with van der Waals surface area (Å²) >= 11 is 0. The molecule has 2 aromatic heterocycles. The highest BCUT2D eigenvalue weighted by Crippen LogP contribution is 2.32. The smallest absolute Gasteiger partial charge is 0.296 e. The molecule has 1 aromatic carbocycles. The number of halogens is 2. The number of anilines is 2. The Labute approximate surface area is 189 Å². The standard InChI is InChI=1S/C21H26F2N8O2/c1-32-15-6-2-5-14-16(15)25-18(17(22)23)31(14)21-27-19(29-8-10-33-11-9-29)26-20(28-21)30-7-3-4-13(24)12-30/h2,5-6,13,17H,3-4,7-12,24H2,1H3. The van der Waals surface area contributed by atoms with Crippen molar-refractivity contribution in [3.8, 4) is 11.7 Å². The van der Waals surface area contributed by atoms with Crippen molar-refractivity contribution in [3.63, 3.8) is 0 Å². The maximum atomic E-state index is 14.1. The summed E-state index contributed by atoms with van der Waals surface area (Å²) in [5, 5.41) is 0. The summed E-state index contributed by atoms with van der Waals surface area (Å²) < 4.78 is 40.3. The number of para-hydroxylation sites is 1. The summed E-state index contributed by atoms with van der Waals surface area (Å²) in [5.74, 6) is 0.878. The van der Waals surface area contributed by atoms with Gasteiger partial charge in [-0.1, -0.05) is 6.07 Å². The average molecular weight is 460 g/mol. The minimum Gasteiger partial charge on any atom is -0.494 e. The Morgan fingerprint density at radius 1 is 1.03 bits per heavy atom. The number of ether oxygens (including phenoxy) is 2. The van der Waals surface area contributed by atoms with E-state index in [1.807, 2.05) is 9.80 Å². The molecule has 10 nitrogen and oxygen atoms in total. The molecule has 3 aromatic rings. The molecular formula is C21H26F2N8O2. The van der Waals surface area contributed by atoms with Crippen LogP contribution in [0.5, 0.6) is 5.75 Å². The Morgan fingerprint density at radius 2 is 1.76 bits per heavy atom. The van der Waals surface area contributed by atoms with E-state index in [9.17, 15) is 8.78 Å². The van der Waals surface area contributed by atoms with Crippen LogP contribution in [-0.4, -0.2) is 77.0 Å². The van der Waals surface area contributed by atoms with Gasteiger partial charge in [-0.3, -0.25) is 4.57 Å². The predicted molar refractivity (Wildman–Crippen MR) is 118 cm³/mol. The first-order valence-electron chi connectivity index (χ1n) is 11.0. The van der Waals surface area contributed by atoms with Gasteiger partial charge in [-0.15, -0.1) is 0 Å². The molecule has 0 radical (unpaired) electrons. The first kappa shape index (κ1) is 21.7. The lowest BCUT2D eigenvalue weighted by atomic mass is 10.1. The SMILES string of the molecule is COc1cccc2c1nc(C(F)F)n2-c1nc(N2CCOCC2)nc(N2CCCC(N)C2)n1. The van der Waals surface area contributed by atoms with E-state index in [1.54, 1.807) is 18.2 Å². The highest BCUT2D eigenvalue weighted by molar-refractivity contribution is 5.84. The van der Waals surface area contributed by atoms with E-state index in [4.69, 9.17) is 15.2 Å². The third-order valence-electron chi connectivity index (χ3n) is 5.92. The molecule has 2 aliphatic rings. The molecule has 2 aliphatic heterocycles. The van der Waals surface area contributed by atoms with E-state index in [1.165, 1.54) is 11.7 Å². The van der Waals surface area contributed by atoms with Gasteiger partial charge in [-0.2, -0.15) is 15.0 Å². The van der Waals surface area contributed by atoms with E-state index in [0.29, 0.717) is 61.5 Å². The number of benzene rings is 1. The average Bonchev–Trinajstić information content (AvgIpc) is 3.24. The molecule has 0 amide bonds. The van der Waals surface area contributed by atoms with Crippen LogP contribution in [0.15, 0.2) is 18.2 Å². The normalized spacial score (nSPS) is 19.5. The predicted octanol–water partition coefficient (Wildman–Crippen LogP) is 1.92. The van der Waals surface area contributed by atoms with Gasteiger partial charge in [0.05, 0.1) is 25.8 Å². The lowest BCUT2D eigenvalue weighted by molar-refractivity contribution is 0.122. The quantitative estimate of drug-likeness (QED) is 0.611. The first-order valence-corrected chi connectivity index (χ1v) is 11.0. The molecule has 0 aliphatic carbocycles. The molecule has 5 rings (SSSR count). The van der Waals surface area contributed by atoms with Gasteiger partial charge in [-0.25, -0.2) is 13.8 Å². The van der Waals surface area contributed by atoms with Gasteiger partial charge in [0.15, 0.2) is 5.82 Å². The van der Waals surface area contributed by atoms with Crippen molar-refractivity contribution in [2.24, 2.45) is 5.73 Å². The Balaban J connectivity index is 1.69. The lowest BCUT2D eigenvalue weighted by Crippen LogP contribution is -2.44. The number of fused-ring (bicyclic) bond motifs is 1. The zero-order valence-corrected chi connectivity index (χ0v) is 18.3. The number of alkyl halides is 2. The molecule has 1 unspecified atom stereocenters. The summed E-state index contributed by atoms with van der Waals surface area (Å²) in [6, 6.07) is 5.11. The monoisotopic (exact) mass is 460 g/mol. The maximum absolute atomic E-state index is 14.1. The van der Waals surface area contributed by atoms with Crippen LogP contribution in [0.2, 0.25) is 0 Å². The van der Waals surface area contributed by atoms with Crippen molar-refractivity contribution in [2.45, 2.75) is 25.3 Å². The van der Waals surface area contributed by atoms with Gasteiger partial charge in [0.1, 0.15) is 11.3 Å². The molecule has 4 heterocycles. The molecule has 176 valence electrons. The third-order valence-corrected chi connectivity index (χ3v) is 5.92. The number of rotatable bonds is 5. The summed E-state index contributed by atoms with van der Waals surface area (Å²) in [5.41, 5.74) is 6.94. The Morgan fingerprint density at radius 3 is 2.45 bits per heavy atom. The summed E-state index contributed by atoms with van der Waals surface area (Å²) in [6.07, 6.45) is -1.01. The van der Waals surface area contributed by atoms with Crippen molar-refractivity contribution in [1.82, 2.24) is 24.5 Å². The molecule has 1 atom stereocenters. The fourth-order valence-corrected chi connectivity index (χ4v) is 4.29. The molecule has 2 fully saturated rings. The van der Waals surface area contributed by atoms with Gasteiger partial charge in [0, 0.05) is 32.2 Å². The van der Waals surface area contributed by atoms with E-state index in [0.717, 1.165) is 19.4 Å². The third kappa shape index (κ3) is 4.15. The lowest BCUT2D eigenvalue weighted by Gasteiger charge is -2.32. The van der Waals surface area contributed by atoms with Crippen LogP contribution < -0.4 is 20.3 Å². The first-order chi connectivity index (χ1) is 16.0. The van der Waals surface area contributed by atoms with Gasteiger partial charge < -0.3 is 25.0 Å². The fourth-order valence-electron chi connectivity index (χ4n) is 4.29. The number of nitrogens with zero attached hydrogens (tertiary/aromatic N) is 7. The van der Waals surface area contributed by atoms with E-state index >= 15 is 0 Å². The van der Waals surface area contributed by atoms with Gasteiger partial charge in [0.25, 0.3) is 6.43 Å². The van der Waals surface area contributed by atoms with E-state index < -0.39 is 12.2 Å². The number of piperidine rings is 1. The second kappa shape index (κ2) is 9.02. The molecule has 2 N–H and O–H groups in total. The number of methoxy groups -OCH3 is 1. The van der Waals surface area contributed by atoms with Crippen LogP contribution in [0.4, 0.5) is 20.7 Å². The molecule has 33 heavy (non-hydrogen) atoms.